The van der Waals surface area contributed by atoms with E-state index in [9.17, 15) is 24.6 Å². The summed E-state index contributed by atoms with van der Waals surface area (Å²) in [6.45, 7) is 0.0629. The smallest absolute Gasteiger partial charge is 0.312 e. The van der Waals surface area contributed by atoms with E-state index in [0.717, 1.165) is 0 Å². The normalized spacial score (nSPS) is 15.7. The average Bonchev–Trinajstić information content (AvgIpc) is 3.37. The minimum atomic E-state index is -0.874. The van der Waals surface area contributed by atoms with Crippen LogP contribution in [-0.4, -0.2) is 35.1 Å². The molecule has 7 rings (SSSR count). The molecule has 5 aromatic rings. The number of aromatic amines is 1. The van der Waals surface area contributed by atoms with Crippen molar-refractivity contribution in [3.8, 4) is 45.8 Å². The van der Waals surface area contributed by atoms with E-state index in [0.29, 0.717) is 28.0 Å². The number of benzene rings is 3. The lowest BCUT2D eigenvalue weighted by molar-refractivity contribution is -0.135. The summed E-state index contributed by atoms with van der Waals surface area (Å²) >= 11 is 0. The quantitative estimate of drug-likeness (QED) is 0.226. The fourth-order valence-corrected chi connectivity index (χ4v) is 5.28. The van der Waals surface area contributed by atoms with Gasteiger partial charge in [0, 0.05) is 46.2 Å². The molecular formula is C29H19NO10. The lowest BCUT2D eigenvalue weighted by atomic mass is 9.85. The zero-order valence-corrected chi connectivity index (χ0v) is 20.8. The molecule has 4 heterocycles. The van der Waals surface area contributed by atoms with Crippen molar-refractivity contribution in [3.63, 3.8) is 0 Å². The number of H-pyrrole nitrogens is 1. The number of hydrogen-bond donors (Lipinski definition) is 3. The number of aromatic hydroxyl groups is 2. The van der Waals surface area contributed by atoms with Gasteiger partial charge in [0.15, 0.2) is 28.4 Å². The molecule has 0 unspecified atom stereocenters. The molecule has 200 valence electrons. The van der Waals surface area contributed by atoms with Gasteiger partial charge in [-0.25, -0.2) is 0 Å². The van der Waals surface area contributed by atoms with Crippen LogP contribution in [0.4, 0.5) is 0 Å². The number of esters is 1. The molecule has 0 fully saturated rings. The maximum Gasteiger partial charge on any atom is 0.312 e. The van der Waals surface area contributed by atoms with Crippen LogP contribution >= 0.6 is 0 Å². The predicted octanol–water partition coefficient (Wildman–Crippen LogP) is 3.89. The van der Waals surface area contributed by atoms with Crippen LogP contribution in [0.15, 0.2) is 62.5 Å². The van der Waals surface area contributed by atoms with E-state index in [1.165, 1.54) is 31.4 Å². The molecule has 0 radical (unpaired) electrons. The standard InChI is InChI=1S/C29H19NO10/c1-36-20-3-2-12(5-17(20)31)21-9-18(32)27-19(33)10-24-26(28(27)40-21)14(7-25(34)39-24)15-4-13-6-22-23(38-11-37-22)8-16(13)30-29(15)35/h2-6,8-10,14,31,33H,7,11H2,1H3,(H,30,35)/t14-/m0/s1. The molecule has 0 saturated carbocycles. The summed E-state index contributed by atoms with van der Waals surface area (Å²) in [6.07, 6.45) is -0.219. The Morgan fingerprint density at radius 3 is 2.50 bits per heavy atom. The zero-order valence-electron chi connectivity index (χ0n) is 20.8. The van der Waals surface area contributed by atoms with Gasteiger partial charge in [-0.15, -0.1) is 0 Å². The molecule has 0 amide bonds. The van der Waals surface area contributed by atoms with Crippen LogP contribution in [0.3, 0.4) is 0 Å². The second-order valence-electron chi connectivity index (χ2n) is 9.45. The summed E-state index contributed by atoms with van der Waals surface area (Å²) in [4.78, 5) is 42.1. The Morgan fingerprint density at radius 2 is 1.73 bits per heavy atom. The number of pyridine rings is 1. The Kier molecular flexibility index (Phi) is 5.04. The fraction of sp³-hybridized carbons (Fsp3) is 0.138. The van der Waals surface area contributed by atoms with E-state index in [1.54, 1.807) is 24.3 Å². The van der Waals surface area contributed by atoms with Gasteiger partial charge in [-0.3, -0.25) is 14.4 Å². The molecule has 1 atom stereocenters. The first-order valence-corrected chi connectivity index (χ1v) is 12.2. The van der Waals surface area contributed by atoms with Crippen molar-refractivity contribution in [2.45, 2.75) is 12.3 Å². The summed E-state index contributed by atoms with van der Waals surface area (Å²) < 4.78 is 27.5. The molecule has 0 bridgehead atoms. The van der Waals surface area contributed by atoms with Crippen LogP contribution in [0.25, 0.3) is 33.2 Å². The van der Waals surface area contributed by atoms with Crippen LogP contribution in [0.2, 0.25) is 0 Å². The van der Waals surface area contributed by atoms with E-state index in [2.05, 4.69) is 4.98 Å². The SMILES string of the molecule is COc1ccc(-c2cc(=O)c3c(O)cc4c(c3o2)[C@H](c2cc3cc5c(cc3[nH]c2=O)OCO5)CC(=O)O4)cc1O. The number of hydrogen-bond acceptors (Lipinski definition) is 10. The molecule has 2 aliphatic rings. The highest BCUT2D eigenvalue weighted by Crippen LogP contribution is 2.46. The lowest BCUT2D eigenvalue weighted by Crippen LogP contribution is -2.26. The third-order valence-corrected chi connectivity index (χ3v) is 7.13. The van der Waals surface area contributed by atoms with E-state index in [4.69, 9.17) is 23.4 Å². The zero-order chi connectivity index (χ0) is 27.7. The highest BCUT2D eigenvalue weighted by molar-refractivity contribution is 5.93. The Morgan fingerprint density at radius 1 is 0.925 bits per heavy atom. The monoisotopic (exact) mass is 541 g/mol. The summed E-state index contributed by atoms with van der Waals surface area (Å²) in [5.41, 5.74) is 0.287. The molecule has 2 aromatic heterocycles. The first-order chi connectivity index (χ1) is 19.3. The van der Waals surface area contributed by atoms with Crippen molar-refractivity contribution < 1.29 is 38.4 Å². The van der Waals surface area contributed by atoms with Gasteiger partial charge >= 0.3 is 5.97 Å². The molecule has 11 heteroatoms. The van der Waals surface area contributed by atoms with Crippen LogP contribution in [0.1, 0.15) is 23.5 Å². The number of phenols is 2. The Labute approximate surface area is 223 Å². The summed E-state index contributed by atoms with van der Waals surface area (Å²) in [5.74, 6) is -0.817. The number of nitrogens with one attached hydrogen (secondary N) is 1. The second-order valence-corrected chi connectivity index (χ2v) is 9.45. The number of fused-ring (bicyclic) bond motifs is 5. The average molecular weight is 541 g/mol. The van der Waals surface area contributed by atoms with Crippen molar-refractivity contribution in [1.82, 2.24) is 4.98 Å². The maximum absolute atomic E-state index is 13.3. The van der Waals surface area contributed by atoms with Crippen molar-refractivity contribution in [2.75, 3.05) is 13.9 Å². The van der Waals surface area contributed by atoms with Gasteiger partial charge in [-0.05, 0) is 30.3 Å². The highest BCUT2D eigenvalue weighted by atomic mass is 16.7. The van der Waals surface area contributed by atoms with Crippen LogP contribution < -0.4 is 29.9 Å². The molecule has 3 N–H and O–H groups in total. The number of aromatic nitrogens is 1. The molecule has 0 spiro atoms. The molecule has 0 saturated heterocycles. The number of ether oxygens (including phenoxy) is 4. The summed E-state index contributed by atoms with van der Waals surface area (Å²) in [5, 5.41) is 21.5. The fourth-order valence-electron chi connectivity index (χ4n) is 5.28. The van der Waals surface area contributed by atoms with Crippen LogP contribution in [0.5, 0.6) is 34.5 Å². The van der Waals surface area contributed by atoms with E-state index in [-0.39, 0.29) is 58.3 Å². The van der Waals surface area contributed by atoms with E-state index >= 15 is 0 Å². The van der Waals surface area contributed by atoms with Crippen molar-refractivity contribution in [2.24, 2.45) is 0 Å². The number of carbonyl (C=O) groups is 1. The molecule has 11 nitrogen and oxygen atoms in total. The minimum Gasteiger partial charge on any atom is -0.507 e. The lowest BCUT2D eigenvalue weighted by Gasteiger charge is -2.25. The van der Waals surface area contributed by atoms with Crippen molar-refractivity contribution in [3.05, 3.63) is 80.2 Å². The van der Waals surface area contributed by atoms with Gasteiger partial charge in [0.1, 0.15) is 28.2 Å². The maximum atomic E-state index is 13.3. The molecule has 0 aliphatic carbocycles. The van der Waals surface area contributed by atoms with Gasteiger partial charge in [-0.1, -0.05) is 0 Å². The Hall–Kier alpha value is -5.45. The van der Waals surface area contributed by atoms with Crippen molar-refractivity contribution >= 4 is 27.8 Å². The van der Waals surface area contributed by atoms with Gasteiger partial charge in [0.2, 0.25) is 6.79 Å². The third kappa shape index (κ3) is 3.55. The first-order valence-electron chi connectivity index (χ1n) is 12.2. The van der Waals surface area contributed by atoms with Gasteiger partial charge in [-0.2, -0.15) is 0 Å². The van der Waals surface area contributed by atoms with Gasteiger partial charge in [0.25, 0.3) is 5.56 Å². The van der Waals surface area contributed by atoms with E-state index in [1.807, 2.05) is 0 Å². The van der Waals surface area contributed by atoms with Crippen LogP contribution in [-0.2, 0) is 4.79 Å². The number of rotatable bonds is 3. The summed E-state index contributed by atoms with van der Waals surface area (Å²) in [7, 11) is 1.41. The van der Waals surface area contributed by atoms with Gasteiger partial charge in [0.05, 0.1) is 19.0 Å². The Bertz CT molecular complexity index is 2020. The topological polar surface area (TPSA) is 158 Å². The Balaban J connectivity index is 1.48. The molecule has 40 heavy (non-hydrogen) atoms. The van der Waals surface area contributed by atoms with Gasteiger partial charge < -0.3 is 38.6 Å². The molecular weight excluding hydrogens is 522 g/mol. The minimum absolute atomic E-state index is 0.0330. The highest BCUT2D eigenvalue weighted by Gasteiger charge is 2.35. The van der Waals surface area contributed by atoms with E-state index < -0.39 is 28.6 Å². The number of methoxy groups -OCH3 is 1. The number of phenolic OH excluding ortho intramolecular Hbond substituents is 2. The second kappa shape index (κ2) is 8.53. The molecule has 3 aromatic carbocycles. The van der Waals surface area contributed by atoms with Crippen LogP contribution in [0, 0.1) is 0 Å². The summed E-state index contributed by atoms with van der Waals surface area (Å²) in [6, 6.07) is 11.9. The predicted molar refractivity (Wildman–Crippen MR) is 141 cm³/mol. The van der Waals surface area contributed by atoms with Crippen molar-refractivity contribution in [1.29, 1.82) is 0 Å². The first kappa shape index (κ1) is 23.7. The molecule has 2 aliphatic heterocycles. The third-order valence-electron chi connectivity index (χ3n) is 7.13. The number of carbonyl (C=O) groups excluding carboxylic acids is 1. The largest absolute Gasteiger partial charge is 0.507 e.